The molecule has 6 fully saturated rings. The molecule has 0 amide bonds. The van der Waals surface area contributed by atoms with Gasteiger partial charge in [-0.3, -0.25) is 4.90 Å². The molecule has 38 heavy (non-hydrogen) atoms. The first-order valence-electron chi connectivity index (χ1n) is 16.8. The van der Waals surface area contributed by atoms with Crippen LogP contribution < -0.4 is 0 Å². The van der Waals surface area contributed by atoms with Gasteiger partial charge in [0.1, 0.15) is 0 Å². The number of hydrogen-bond acceptors (Lipinski definition) is 4. The molecule has 0 aromatic rings. The van der Waals surface area contributed by atoms with Gasteiger partial charge in [-0.05, 0) is 121 Å². The highest BCUT2D eigenvalue weighted by Gasteiger charge is 2.40. The van der Waals surface area contributed by atoms with Crippen LogP contribution in [0.1, 0.15) is 112 Å². The average Bonchev–Trinajstić information content (AvgIpc) is 3.03. The predicted molar refractivity (Wildman–Crippen MR) is 163 cm³/mol. The summed E-state index contributed by atoms with van der Waals surface area (Å²) in [5, 5.41) is 0. The summed E-state index contributed by atoms with van der Waals surface area (Å²) >= 11 is 0. The third kappa shape index (κ3) is 7.37. The summed E-state index contributed by atoms with van der Waals surface area (Å²) in [6.45, 7) is 16.2. The van der Waals surface area contributed by atoms with E-state index < -0.39 is 0 Å². The van der Waals surface area contributed by atoms with Gasteiger partial charge in [0.2, 0.25) is 0 Å². The zero-order chi connectivity index (χ0) is 27.6. The van der Waals surface area contributed by atoms with Crippen molar-refractivity contribution in [2.75, 3.05) is 34.4 Å². The van der Waals surface area contributed by atoms with Crippen LogP contribution >= 0.6 is 0 Å². The molecule has 0 spiro atoms. The van der Waals surface area contributed by atoms with Crippen LogP contribution in [0.4, 0.5) is 0 Å². The maximum Gasteiger partial charge on any atom is 0.0622 e. The van der Waals surface area contributed by atoms with E-state index in [1.54, 1.807) is 0 Å². The Labute approximate surface area is 237 Å². The standard InChI is InChI=1S/C12H23N.C11H21NO.C11H21N/c1-9(2)10-7-11-5-4-6-12(8-10)13(11)3;1-8(2)9-4-10-6-13-7-11(5-9)12(10)3;1-8(2)9-6-10-4-5-11(7-9)12(10)3/h9-12H,4-8H2,1-3H3;8-11H,4-7H2,1-3H3;8-11H,4-7H2,1-3H3/t10?,11-,12+;2*9?,10-,11+. The van der Waals surface area contributed by atoms with Crippen molar-refractivity contribution in [1.29, 1.82) is 0 Å². The van der Waals surface area contributed by atoms with Gasteiger partial charge in [0.05, 0.1) is 13.2 Å². The molecule has 6 aliphatic heterocycles. The largest absolute Gasteiger partial charge is 0.378 e. The highest BCUT2D eigenvalue weighted by Crippen LogP contribution is 2.40. The molecule has 9 atom stereocenters. The summed E-state index contributed by atoms with van der Waals surface area (Å²) in [5.41, 5.74) is 0. The van der Waals surface area contributed by atoms with Crippen molar-refractivity contribution >= 4 is 0 Å². The summed E-state index contributed by atoms with van der Waals surface area (Å²) < 4.78 is 5.59. The van der Waals surface area contributed by atoms with Crippen LogP contribution in [0.5, 0.6) is 0 Å². The van der Waals surface area contributed by atoms with Crippen LogP contribution in [0.15, 0.2) is 0 Å². The van der Waals surface area contributed by atoms with E-state index in [9.17, 15) is 0 Å². The lowest BCUT2D eigenvalue weighted by molar-refractivity contribution is -0.0803. The third-order valence-electron chi connectivity index (χ3n) is 12.3. The second-order valence-corrected chi connectivity index (χ2v) is 15.4. The Morgan fingerprint density at radius 1 is 0.447 bits per heavy atom. The van der Waals surface area contributed by atoms with Crippen LogP contribution in [-0.2, 0) is 4.74 Å². The molecular formula is C34H65N3O. The number of fused-ring (bicyclic) bond motifs is 6. The Hall–Kier alpha value is -0.160. The molecule has 0 aromatic carbocycles. The first kappa shape index (κ1) is 30.8. The van der Waals surface area contributed by atoms with Crippen molar-refractivity contribution in [3.05, 3.63) is 0 Å². The van der Waals surface area contributed by atoms with Crippen molar-refractivity contribution < 1.29 is 4.74 Å². The molecule has 6 rings (SSSR count). The average molecular weight is 532 g/mol. The maximum absolute atomic E-state index is 5.59. The molecule has 3 unspecified atom stereocenters. The molecule has 0 N–H and O–H groups in total. The SMILES string of the molecule is CC(C)C1C[C@H]2CCC[C@@H](C1)N2C.CC(C)C1C[C@H]2CC[C@@H](C1)N2C.CC(C)C1C[C@H]2COC[C@@H](C1)N2C. The Kier molecular flexibility index (Phi) is 11.1. The molecule has 4 heteroatoms. The van der Waals surface area contributed by atoms with Gasteiger partial charge < -0.3 is 14.5 Å². The van der Waals surface area contributed by atoms with Crippen molar-refractivity contribution in [2.45, 2.75) is 148 Å². The number of morpholine rings is 1. The lowest BCUT2D eigenvalue weighted by atomic mass is 9.74. The molecule has 4 nitrogen and oxygen atoms in total. The Morgan fingerprint density at radius 3 is 1.08 bits per heavy atom. The Bertz CT molecular complexity index is 628. The van der Waals surface area contributed by atoms with Crippen molar-refractivity contribution in [1.82, 2.24) is 14.7 Å². The summed E-state index contributed by atoms with van der Waals surface area (Å²) in [7, 11) is 6.91. The lowest BCUT2D eigenvalue weighted by Gasteiger charge is -2.48. The van der Waals surface area contributed by atoms with Crippen LogP contribution in [0.2, 0.25) is 0 Å². The maximum atomic E-state index is 5.59. The van der Waals surface area contributed by atoms with Crippen LogP contribution in [0.25, 0.3) is 0 Å². The fourth-order valence-corrected chi connectivity index (χ4v) is 8.88. The third-order valence-corrected chi connectivity index (χ3v) is 12.3. The Morgan fingerprint density at radius 2 is 0.737 bits per heavy atom. The first-order valence-corrected chi connectivity index (χ1v) is 16.8. The molecule has 0 aromatic heterocycles. The van der Waals surface area contributed by atoms with Crippen LogP contribution in [0, 0.1) is 35.5 Å². The molecule has 6 heterocycles. The van der Waals surface area contributed by atoms with E-state index >= 15 is 0 Å². The zero-order valence-electron chi connectivity index (χ0n) is 26.9. The van der Waals surface area contributed by atoms with Gasteiger partial charge in [0, 0.05) is 36.3 Å². The number of hydrogen-bond donors (Lipinski definition) is 0. The number of likely N-dealkylation sites (N-methyl/N-ethyl adjacent to an activating group) is 1. The van der Waals surface area contributed by atoms with E-state index in [4.69, 9.17) is 4.74 Å². The normalized spacial score (nSPS) is 41.5. The smallest absolute Gasteiger partial charge is 0.0622 e. The minimum absolute atomic E-state index is 0.694. The minimum Gasteiger partial charge on any atom is -0.378 e. The van der Waals surface area contributed by atoms with Gasteiger partial charge in [-0.25, -0.2) is 0 Å². The molecule has 0 aliphatic carbocycles. The van der Waals surface area contributed by atoms with Gasteiger partial charge in [0.15, 0.2) is 0 Å². The van der Waals surface area contributed by atoms with Gasteiger partial charge in [-0.15, -0.1) is 0 Å². The van der Waals surface area contributed by atoms with Gasteiger partial charge in [-0.2, -0.15) is 0 Å². The van der Waals surface area contributed by atoms with E-state index in [1.165, 1.54) is 70.6 Å². The van der Waals surface area contributed by atoms with Gasteiger partial charge in [-0.1, -0.05) is 48.0 Å². The number of piperidine rings is 4. The fourth-order valence-electron chi connectivity index (χ4n) is 8.88. The fraction of sp³-hybridized carbons (Fsp3) is 1.00. The predicted octanol–water partition coefficient (Wildman–Crippen LogP) is 7.17. The molecule has 0 radical (unpaired) electrons. The number of rotatable bonds is 3. The van der Waals surface area contributed by atoms with Gasteiger partial charge >= 0.3 is 0 Å². The minimum atomic E-state index is 0.694. The number of ether oxygens (including phenoxy) is 1. The van der Waals surface area contributed by atoms with E-state index in [0.717, 1.165) is 72.9 Å². The first-order chi connectivity index (χ1) is 18.0. The topological polar surface area (TPSA) is 19.0 Å². The number of nitrogens with zero attached hydrogens (tertiary/aromatic N) is 3. The van der Waals surface area contributed by atoms with Gasteiger partial charge in [0.25, 0.3) is 0 Å². The second-order valence-electron chi connectivity index (χ2n) is 15.4. The van der Waals surface area contributed by atoms with Crippen molar-refractivity contribution in [3.8, 4) is 0 Å². The summed E-state index contributed by atoms with van der Waals surface area (Å²) in [5.74, 6) is 5.59. The quantitative estimate of drug-likeness (QED) is 0.384. The van der Waals surface area contributed by atoms with Crippen molar-refractivity contribution in [2.24, 2.45) is 35.5 Å². The summed E-state index contributed by atoms with van der Waals surface area (Å²) in [6, 6.07) is 5.08. The van der Waals surface area contributed by atoms with E-state index in [1.807, 2.05) is 0 Å². The van der Waals surface area contributed by atoms with E-state index in [0.29, 0.717) is 12.1 Å². The molecular weight excluding hydrogens is 466 g/mol. The van der Waals surface area contributed by atoms with Crippen LogP contribution in [-0.4, -0.2) is 85.3 Å². The van der Waals surface area contributed by atoms with E-state index in [-0.39, 0.29) is 0 Å². The zero-order valence-corrected chi connectivity index (χ0v) is 26.9. The highest BCUT2D eigenvalue weighted by molar-refractivity contribution is 4.94. The highest BCUT2D eigenvalue weighted by atomic mass is 16.5. The summed E-state index contributed by atoms with van der Waals surface area (Å²) in [6.07, 6.45) is 15.8. The van der Waals surface area contributed by atoms with Crippen molar-refractivity contribution in [3.63, 3.8) is 0 Å². The van der Waals surface area contributed by atoms with E-state index in [2.05, 4.69) is 77.4 Å². The molecule has 6 saturated heterocycles. The molecule has 222 valence electrons. The Balaban J connectivity index is 0.000000133. The monoisotopic (exact) mass is 532 g/mol. The van der Waals surface area contributed by atoms with Crippen LogP contribution in [0.3, 0.4) is 0 Å². The molecule has 6 bridgehead atoms. The molecule has 0 saturated carbocycles. The second kappa shape index (κ2) is 13.7. The lowest BCUT2D eigenvalue weighted by Crippen LogP contribution is -2.55. The summed E-state index contributed by atoms with van der Waals surface area (Å²) in [4.78, 5) is 7.81. The molecule has 6 aliphatic rings.